The molecule has 2 aromatic rings. The Kier molecular flexibility index (Phi) is 5.00. The zero-order valence-corrected chi connectivity index (χ0v) is 12.1. The number of aromatic amines is 1. The van der Waals surface area contributed by atoms with Gasteiger partial charge in [-0.2, -0.15) is 5.10 Å². The Hall–Kier alpha value is -2.02. The molecule has 6 nitrogen and oxygen atoms in total. The van der Waals surface area contributed by atoms with Crippen LogP contribution >= 0.6 is 11.8 Å². The average Bonchev–Trinajstić information content (AvgIpc) is 2.98. The summed E-state index contributed by atoms with van der Waals surface area (Å²) in [6.07, 6.45) is 1.42. The van der Waals surface area contributed by atoms with Crippen LogP contribution in [0.2, 0.25) is 0 Å². The first-order valence-electron chi connectivity index (χ1n) is 6.11. The molecule has 0 aliphatic heterocycles. The van der Waals surface area contributed by atoms with Crippen LogP contribution < -0.4 is 10.1 Å². The van der Waals surface area contributed by atoms with E-state index in [-0.39, 0.29) is 11.2 Å². The van der Waals surface area contributed by atoms with Crippen LogP contribution in [-0.4, -0.2) is 33.4 Å². The summed E-state index contributed by atoms with van der Waals surface area (Å²) in [5.41, 5.74) is 1.02. The number of aromatic nitrogens is 3. The molecule has 0 aliphatic carbocycles. The Morgan fingerprint density at radius 2 is 2.20 bits per heavy atom. The van der Waals surface area contributed by atoms with Crippen LogP contribution in [0, 0.1) is 0 Å². The van der Waals surface area contributed by atoms with Gasteiger partial charge >= 0.3 is 0 Å². The second-order valence-corrected chi connectivity index (χ2v) is 5.45. The lowest BCUT2D eigenvalue weighted by atomic mass is 10.2. The van der Waals surface area contributed by atoms with E-state index in [2.05, 4.69) is 20.5 Å². The van der Waals surface area contributed by atoms with Crippen molar-refractivity contribution < 1.29 is 9.53 Å². The van der Waals surface area contributed by atoms with Crippen LogP contribution in [0.1, 0.15) is 12.5 Å². The molecule has 1 amide bonds. The maximum atomic E-state index is 11.9. The molecule has 0 saturated heterocycles. The summed E-state index contributed by atoms with van der Waals surface area (Å²) < 4.78 is 5.08. The number of nitrogens with one attached hydrogen (secondary N) is 2. The number of hydrogen-bond acceptors (Lipinski definition) is 5. The molecule has 0 radical (unpaired) electrons. The summed E-state index contributed by atoms with van der Waals surface area (Å²) >= 11 is 1.34. The Balaban J connectivity index is 1.81. The van der Waals surface area contributed by atoms with Crippen LogP contribution in [0.3, 0.4) is 0 Å². The molecule has 2 rings (SSSR count). The van der Waals surface area contributed by atoms with E-state index in [1.165, 1.54) is 18.1 Å². The van der Waals surface area contributed by atoms with Gasteiger partial charge in [-0.25, -0.2) is 4.98 Å². The third-order valence-electron chi connectivity index (χ3n) is 2.68. The minimum atomic E-state index is -0.235. The molecule has 106 valence electrons. The van der Waals surface area contributed by atoms with Gasteiger partial charge in [0.25, 0.3) is 0 Å². The minimum Gasteiger partial charge on any atom is -0.497 e. The van der Waals surface area contributed by atoms with E-state index >= 15 is 0 Å². The summed E-state index contributed by atoms with van der Waals surface area (Å²) in [5, 5.41) is 9.75. The van der Waals surface area contributed by atoms with Gasteiger partial charge in [-0.3, -0.25) is 9.89 Å². The fourth-order valence-corrected chi connectivity index (χ4v) is 2.29. The fraction of sp³-hybridized carbons (Fsp3) is 0.308. The second-order valence-electron chi connectivity index (χ2n) is 4.12. The third kappa shape index (κ3) is 3.99. The number of thioether (sulfide) groups is 1. The van der Waals surface area contributed by atoms with Gasteiger partial charge in [-0.15, -0.1) is 0 Å². The molecule has 20 heavy (non-hydrogen) atoms. The van der Waals surface area contributed by atoms with Crippen molar-refractivity contribution in [3.8, 4) is 5.75 Å². The van der Waals surface area contributed by atoms with Crippen LogP contribution in [0.5, 0.6) is 5.75 Å². The number of H-pyrrole nitrogens is 1. The quantitative estimate of drug-likeness (QED) is 0.791. The molecular weight excluding hydrogens is 276 g/mol. The summed E-state index contributed by atoms with van der Waals surface area (Å²) in [4.78, 5) is 15.9. The van der Waals surface area contributed by atoms with Crippen LogP contribution in [0.15, 0.2) is 35.7 Å². The zero-order chi connectivity index (χ0) is 14.4. The largest absolute Gasteiger partial charge is 0.497 e. The molecule has 0 aliphatic rings. The van der Waals surface area contributed by atoms with Crippen molar-refractivity contribution in [3.63, 3.8) is 0 Å². The topological polar surface area (TPSA) is 79.9 Å². The van der Waals surface area contributed by atoms with E-state index < -0.39 is 0 Å². The molecule has 1 aromatic heterocycles. The molecule has 0 spiro atoms. The van der Waals surface area contributed by atoms with Gasteiger partial charge in [0.15, 0.2) is 5.16 Å². The first-order valence-corrected chi connectivity index (χ1v) is 6.99. The molecular formula is C13H16N4O2S. The van der Waals surface area contributed by atoms with E-state index in [0.717, 1.165) is 11.3 Å². The SMILES string of the molecule is COc1ccc(CNC(=O)[C@@H](C)Sc2ncn[nH]2)cc1. The van der Waals surface area contributed by atoms with Gasteiger partial charge in [-0.05, 0) is 24.6 Å². The van der Waals surface area contributed by atoms with Crippen molar-refractivity contribution in [2.75, 3.05) is 7.11 Å². The molecule has 0 bridgehead atoms. The number of benzene rings is 1. The standard InChI is InChI=1S/C13H16N4O2S/c1-9(20-13-15-8-16-17-13)12(18)14-7-10-3-5-11(19-2)6-4-10/h3-6,8-9H,7H2,1-2H3,(H,14,18)(H,15,16,17)/t9-/m1/s1. The van der Waals surface area contributed by atoms with Crippen molar-refractivity contribution in [3.05, 3.63) is 36.2 Å². The van der Waals surface area contributed by atoms with Gasteiger partial charge in [0.05, 0.1) is 12.4 Å². The summed E-state index contributed by atoms with van der Waals surface area (Å²) in [7, 11) is 1.62. The maximum Gasteiger partial charge on any atom is 0.233 e. The number of nitrogens with zero attached hydrogens (tertiary/aromatic N) is 2. The summed E-state index contributed by atoms with van der Waals surface area (Å²) in [6, 6.07) is 7.59. The van der Waals surface area contributed by atoms with Crippen molar-refractivity contribution in [2.45, 2.75) is 23.9 Å². The first kappa shape index (κ1) is 14.4. The van der Waals surface area contributed by atoms with Crippen LogP contribution in [-0.2, 0) is 11.3 Å². The molecule has 1 heterocycles. The van der Waals surface area contributed by atoms with E-state index in [1.54, 1.807) is 7.11 Å². The number of ether oxygens (including phenoxy) is 1. The van der Waals surface area contributed by atoms with Gasteiger partial charge < -0.3 is 10.1 Å². The van der Waals surface area contributed by atoms with E-state index in [1.807, 2.05) is 31.2 Å². The second kappa shape index (κ2) is 6.95. The Morgan fingerprint density at radius 3 is 2.80 bits per heavy atom. The number of hydrogen-bond donors (Lipinski definition) is 2. The van der Waals surface area contributed by atoms with Crippen LogP contribution in [0.4, 0.5) is 0 Å². The molecule has 0 fully saturated rings. The van der Waals surface area contributed by atoms with Gasteiger partial charge in [0, 0.05) is 6.54 Å². The molecule has 0 unspecified atom stereocenters. The monoisotopic (exact) mass is 292 g/mol. The molecule has 1 atom stereocenters. The molecule has 1 aromatic carbocycles. The average molecular weight is 292 g/mol. The fourth-order valence-electron chi connectivity index (χ4n) is 1.55. The number of methoxy groups -OCH3 is 1. The van der Waals surface area contributed by atoms with E-state index in [4.69, 9.17) is 4.74 Å². The lowest BCUT2D eigenvalue weighted by molar-refractivity contribution is -0.120. The number of amides is 1. The van der Waals surface area contributed by atoms with Crippen molar-refractivity contribution in [1.29, 1.82) is 0 Å². The molecule has 0 saturated carbocycles. The summed E-state index contributed by atoms with van der Waals surface area (Å²) in [6.45, 7) is 2.32. The zero-order valence-electron chi connectivity index (χ0n) is 11.3. The van der Waals surface area contributed by atoms with Gasteiger partial charge in [0.1, 0.15) is 12.1 Å². The number of carbonyl (C=O) groups excluding carboxylic acids is 1. The smallest absolute Gasteiger partial charge is 0.233 e. The Bertz CT molecular complexity index is 542. The Morgan fingerprint density at radius 1 is 1.45 bits per heavy atom. The normalized spacial score (nSPS) is 11.9. The van der Waals surface area contributed by atoms with Gasteiger partial charge in [-0.1, -0.05) is 23.9 Å². The predicted octanol–water partition coefficient (Wildman–Crippen LogP) is 1.61. The highest BCUT2D eigenvalue weighted by molar-refractivity contribution is 8.00. The van der Waals surface area contributed by atoms with E-state index in [0.29, 0.717) is 11.7 Å². The molecule has 7 heteroatoms. The predicted molar refractivity (Wildman–Crippen MR) is 76.5 cm³/mol. The maximum absolute atomic E-state index is 11.9. The molecule has 2 N–H and O–H groups in total. The minimum absolute atomic E-state index is 0.0396. The first-order chi connectivity index (χ1) is 9.69. The highest BCUT2D eigenvalue weighted by atomic mass is 32.2. The van der Waals surface area contributed by atoms with Gasteiger partial charge in [0.2, 0.25) is 5.91 Å². The van der Waals surface area contributed by atoms with Crippen molar-refractivity contribution >= 4 is 17.7 Å². The lowest BCUT2D eigenvalue weighted by Crippen LogP contribution is -2.30. The lowest BCUT2D eigenvalue weighted by Gasteiger charge is -2.10. The number of carbonyl (C=O) groups is 1. The third-order valence-corrected chi connectivity index (χ3v) is 3.66. The van der Waals surface area contributed by atoms with Crippen LogP contribution in [0.25, 0.3) is 0 Å². The van der Waals surface area contributed by atoms with Crippen molar-refractivity contribution in [2.24, 2.45) is 0 Å². The highest BCUT2D eigenvalue weighted by Crippen LogP contribution is 2.18. The Labute approximate surface area is 121 Å². The summed E-state index contributed by atoms with van der Waals surface area (Å²) in [5.74, 6) is 0.761. The highest BCUT2D eigenvalue weighted by Gasteiger charge is 2.15. The number of rotatable bonds is 6. The van der Waals surface area contributed by atoms with Crippen molar-refractivity contribution in [1.82, 2.24) is 20.5 Å². The van der Waals surface area contributed by atoms with E-state index in [9.17, 15) is 4.79 Å².